The Kier molecular flexibility index (Phi) is 11.5. The molecular formula is C26H26O11. The summed E-state index contributed by atoms with van der Waals surface area (Å²) in [6.45, 7) is 4.92. The van der Waals surface area contributed by atoms with Gasteiger partial charge in [-0.25, -0.2) is 19.2 Å². The third kappa shape index (κ3) is 9.96. The largest absolute Gasteiger partial charge is 0.460 e. The van der Waals surface area contributed by atoms with Crippen LogP contribution in [0.25, 0.3) is 0 Å². The fourth-order valence-corrected chi connectivity index (χ4v) is 2.57. The number of carbonyl (C=O) groups is 4. The summed E-state index contributed by atoms with van der Waals surface area (Å²) in [5.41, 5.74) is 0.387. The van der Waals surface area contributed by atoms with Crippen molar-refractivity contribution in [3.63, 3.8) is 0 Å². The molecule has 0 radical (unpaired) electrons. The van der Waals surface area contributed by atoms with Crippen molar-refractivity contribution in [1.82, 2.24) is 0 Å². The Morgan fingerprint density at radius 3 is 1.68 bits per heavy atom. The molecule has 0 amide bonds. The van der Waals surface area contributed by atoms with E-state index in [2.05, 4.69) is 17.9 Å². The molecule has 11 nitrogen and oxygen atoms in total. The molecule has 2 atom stereocenters. The summed E-state index contributed by atoms with van der Waals surface area (Å²) < 4.78 is 25.2. The van der Waals surface area contributed by atoms with Gasteiger partial charge in [0.25, 0.3) is 0 Å². The van der Waals surface area contributed by atoms with E-state index in [1.807, 2.05) is 0 Å². The lowest BCUT2D eigenvalue weighted by molar-refractivity contribution is -0.142. The second kappa shape index (κ2) is 14.8. The Morgan fingerprint density at radius 2 is 1.19 bits per heavy atom. The minimum Gasteiger partial charge on any atom is -0.460 e. The minimum absolute atomic E-state index is 0.181. The lowest BCUT2D eigenvalue weighted by Crippen LogP contribution is -2.28. The van der Waals surface area contributed by atoms with Crippen molar-refractivity contribution in [2.75, 3.05) is 26.4 Å². The van der Waals surface area contributed by atoms with Crippen molar-refractivity contribution in [2.45, 2.75) is 12.2 Å². The van der Waals surface area contributed by atoms with Crippen LogP contribution in [-0.2, 0) is 28.5 Å². The molecule has 0 bridgehead atoms. The Bertz CT molecular complexity index is 1090. The smallest absolute Gasteiger partial charge is 0.338 e. The van der Waals surface area contributed by atoms with Crippen molar-refractivity contribution in [1.29, 1.82) is 0 Å². The van der Waals surface area contributed by atoms with Gasteiger partial charge in [0, 0.05) is 12.2 Å². The van der Waals surface area contributed by atoms with Crippen LogP contribution in [0.3, 0.4) is 0 Å². The van der Waals surface area contributed by atoms with Gasteiger partial charge in [-0.2, -0.15) is 0 Å². The summed E-state index contributed by atoms with van der Waals surface area (Å²) in [5, 5.41) is 19.0. The van der Waals surface area contributed by atoms with Gasteiger partial charge < -0.3 is 33.9 Å². The van der Waals surface area contributed by atoms with E-state index < -0.39 is 42.7 Å². The topological polar surface area (TPSA) is 155 Å². The highest BCUT2D eigenvalue weighted by Crippen LogP contribution is 2.23. The Balaban J connectivity index is 1.85. The number of aliphatic hydroxyl groups is 2. The summed E-state index contributed by atoms with van der Waals surface area (Å²) in [6, 6.07) is 11.9. The molecule has 196 valence electrons. The van der Waals surface area contributed by atoms with E-state index in [4.69, 9.17) is 18.9 Å². The molecule has 0 aromatic heterocycles. The Hall–Kier alpha value is -4.48. The monoisotopic (exact) mass is 514 g/mol. The summed E-state index contributed by atoms with van der Waals surface area (Å²) in [5.74, 6) is -2.04. The van der Waals surface area contributed by atoms with Gasteiger partial charge >= 0.3 is 23.9 Å². The number of carbonyl (C=O) groups excluding carboxylic acids is 4. The molecule has 0 aliphatic rings. The third-order valence-electron chi connectivity index (χ3n) is 4.46. The van der Waals surface area contributed by atoms with E-state index in [0.717, 1.165) is 12.2 Å². The quantitative estimate of drug-likeness (QED) is 0.216. The molecule has 0 aliphatic heterocycles. The molecule has 0 aliphatic carbocycles. The van der Waals surface area contributed by atoms with Crippen molar-refractivity contribution in [3.8, 4) is 11.5 Å². The zero-order valence-corrected chi connectivity index (χ0v) is 19.7. The lowest BCUT2D eigenvalue weighted by atomic mass is 10.2. The fraction of sp³-hybridized carbons (Fsp3) is 0.231. The van der Waals surface area contributed by atoms with Crippen molar-refractivity contribution in [3.05, 3.63) is 85.0 Å². The highest BCUT2D eigenvalue weighted by atomic mass is 16.6. The number of esters is 4. The summed E-state index contributed by atoms with van der Waals surface area (Å²) >= 11 is 0. The molecule has 0 heterocycles. The maximum atomic E-state index is 12.3. The van der Waals surface area contributed by atoms with E-state index in [1.165, 1.54) is 48.5 Å². The molecule has 37 heavy (non-hydrogen) atoms. The standard InChI is InChI=1S/C26H26O11/c1-3-23(29)33-14-19(28)15-35-25(31)17-5-9-20(10-6-17)36-21-11-7-18(8-12-21)26(32)37-22(13-27)16-34-24(30)4-2/h3-12,19,22,27-28H,1-2,13-16H2. The van der Waals surface area contributed by atoms with Gasteiger partial charge in [0.05, 0.1) is 17.7 Å². The first-order chi connectivity index (χ1) is 17.7. The zero-order chi connectivity index (χ0) is 27.2. The Morgan fingerprint density at radius 1 is 0.730 bits per heavy atom. The molecule has 2 unspecified atom stereocenters. The molecule has 2 aromatic rings. The van der Waals surface area contributed by atoms with Gasteiger partial charge in [-0.3, -0.25) is 0 Å². The lowest BCUT2D eigenvalue weighted by Gasteiger charge is -2.15. The summed E-state index contributed by atoms with van der Waals surface area (Å²) in [6.07, 6.45) is -0.309. The van der Waals surface area contributed by atoms with Crippen molar-refractivity contribution in [2.24, 2.45) is 0 Å². The molecular weight excluding hydrogens is 488 g/mol. The zero-order valence-electron chi connectivity index (χ0n) is 19.7. The van der Waals surface area contributed by atoms with E-state index in [-0.39, 0.29) is 30.9 Å². The minimum atomic E-state index is -1.18. The number of aliphatic hydroxyl groups excluding tert-OH is 2. The average Bonchev–Trinajstić information content (AvgIpc) is 2.92. The number of rotatable bonds is 14. The van der Waals surface area contributed by atoms with Gasteiger partial charge in [-0.15, -0.1) is 0 Å². The second-order valence-corrected chi connectivity index (χ2v) is 7.28. The number of benzene rings is 2. The first-order valence-corrected chi connectivity index (χ1v) is 10.9. The second-order valence-electron chi connectivity index (χ2n) is 7.28. The fourth-order valence-electron chi connectivity index (χ4n) is 2.57. The van der Waals surface area contributed by atoms with Crippen LogP contribution in [0, 0.1) is 0 Å². The summed E-state index contributed by atoms with van der Waals surface area (Å²) in [7, 11) is 0. The molecule has 0 spiro atoms. The first kappa shape index (κ1) is 28.8. The van der Waals surface area contributed by atoms with Gasteiger partial charge in [-0.1, -0.05) is 13.2 Å². The van der Waals surface area contributed by atoms with Crippen molar-refractivity contribution >= 4 is 23.9 Å². The van der Waals surface area contributed by atoms with E-state index in [1.54, 1.807) is 0 Å². The van der Waals surface area contributed by atoms with Crippen LogP contribution in [0.4, 0.5) is 0 Å². The highest BCUT2D eigenvalue weighted by molar-refractivity contribution is 5.90. The molecule has 2 aromatic carbocycles. The number of hydrogen-bond donors (Lipinski definition) is 2. The van der Waals surface area contributed by atoms with Gasteiger partial charge in [-0.05, 0) is 48.5 Å². The maximum absolute atomic E-state index is 12.3. The highest BCUT2D eigenvalue weighted by Gasteiger charge is 2.17. The summed E-state index contributed by atoms with van der Waals surface area (Å²) in [4.78, 5) is 46.4. The molecule has 2 N–H and O–H groups in total. The molecule has 11 heteroatoms. The van der Waals surface area contributed by atoms with Crippen LogP contribution in [0.2, 0.25) is 0 Å². The molecule has 0 fully saturated rings. The van der Waals surface area contributed by atoms with Crippen LogP contribution in [0.5, 0.6) is 11.5 Å². The number of hydrogen-bond acceptors (Lipinski definition) is 11. The van der Waals surface area contributed by atoms with Crippen LogP contribution in [-0.4, -0.2) is 72.7 Å². The average molecular weight is 514 g/mol. The van der Waals surface area contributed by atoms with Crippen LogP contribution in [0.1, 0.15) is 20.7 Å². The molecule has 0 saturated carbocycles. The van der Waals surface area contributed by atoms with E-state index in [0.29, 0.717) is 11.5 Å². The normalized spacial score (nSPS) is 11.8. The van der Waals surface area contributed by atoms with E-state index in [9.17, 15) is 29.4 Å². The van der Waals surface area contributed by atoms with Crippen molar-refractivity contribution < 1.29 is 53.1 Å². The Labute approximate surface area is 212 Å². The van der Waals surface area contributed by atoms with Gasteiger partial charge in [0.2, 0.25) is 0 Å². The van der Waals surface area contributed by atoms with Crippen LogP contribution < -0.4 is 4.74 Å². The predicted molar refractivity (Wildman–Crippen MR) is 128 cm³/mol. The van der Waals surface area contributed by atoms with E-state index >= 15 is 0 Å². The number of ether oxygens (including phenoxy) is 5. The maximum Gasteiger partial charge on any atom is 0.338 e. The third-order valence-corrected chi connectivity index (χ3v) is 4.46. The van der Waals surface area contributed by atoms with Gasteiger partial charge in [0.15, 0.2) is 6.10 Å². The molecule has 2 rings (SSSR count). The van der Waals surface area contributed by atoms with Gasteiger partial charge in [0.1, 0.15) is 37.4 Å². The SMILES string of the molecule is C=CC(=O)OCC(O)COC(=O)c1ccc(Oc2ccc(C(=O)OC(CO)COC(=O)C=C)cc2)cc1. The molecule has 0 saturated heterocycles. The predicted octanol–water partition coefficient (Wildman–Crippen LogP) is 1.97. The first-order valence-electron chi connectivity index (χ1n) is 10.9. The van der Waals surface area contributed by atoms with Crippen LogP contribution >= 0.6 is 0 Å². The van der Waals surface area contributed by atoms with Crippen LogP contribution in [0.15, 0.2) is 73.8 Å².